The number of amides is 1. The lowest BCUT2D eigenvalue weighted by Gasteiger charge is -2.05. The number of benzene rings is 1. The van der Waals surface area contributed by atoms with E-state index in [4.69, 9.17) is 0 Å². The average molecular weight is 292 g/mol. The molecule has 0 unspecified atom stereocenters. The zero-order valence-electron chi connectivity index (χ0n) is 11.6. The highest BCUT2D eigenvalue weighted by atomic mass is 16.6. The molecule has 0 aliphatic rings. The van der Waals surface area contributed by atoms with Crippen LogP contribution in [0.1, 0.15) is 32.6 Å². The molecule has 0 aliphatic heterocycles. The SMILES string of the molecule is CCC(=O)CC(=O)CCC(=O)Nc1ccccc1[N+](=O)[O-]. The second-order valence-corrected chi connectivity index (χ2v) is 4.43. The van der Waals surface area contributed by atoms with Gasteiger partial charge in [0.2, 0.25) is 5.91 Å². The first kappa shape index (κ1) is 16.5. The highest BCUT2D eigenvalue weighted by molar-refractivity contribution is 6.01. The van der Waals surface area contributed by atoms with Crippen molar-refractivity contribution >= 4 is 28.8 Å². The number of anilines is 1. The Morgan fingerprint density at radius 3 is 2.43 bits per heavy atom. The fourth-order valence-corrected chi connectivity index (χ4v) is 1.64. The number of nitrogens with zero attached hydrogens (tertiary/aromatic N) is 1. The molecule has 1 rings (SSSR count). The second-order valence-electron chi connectivity index (χ2n) is 4.43. The summed E-state index contributed by atoms with van der Waals surface area (Å²) in [6.07, 6.45) is -0.0521. The first-order chi connectivity index (χ1) is 9.93. The van der Waals surface area contributed by atoms with Gasteiger partial charge < -0.3 is 5.32 Å². The van der Waals surface area contributed by atoms with Crippen LogP contribution in [0.15, 0.2) is 24.3 Å². The van der Waals surface area contributed by atoms with Crippen molar-refractivity contribution in [1.82, 2.24) is 0 Å². The molecular formula is C14H16N2O5. The molecule has 0 spiro atoms. The van der Waals surface area contributed by atoms with Crippen LogP contribution in [0.3, 0.4) is 0 Å². The summed E-state index contributed by atoms with van der Waals surface area (Å²) in [6.45, 7) is 1.66. The second kappa shape index (κ2) is 7.88. The van der Waals surface area contributed by atoms with Crippen LogP contribution in [0, 0.1) is 10.1 Å². The number of Topliss-reactive ketones (excluding diaryl/α,β-unsaturated/α-hetero) is 2. The smallest absolute Gasteiger partial charge is 0.292 e. The maximum Gasteiger partial charge on any atom is 0.292 e. The van der Waals surface area contributed by atoms with E-state index in [0.29, 0.717) is 0 Å². The molecule has 0 bridgehead atoms. The minimum atomic E-state index is -0.597. The lowest BCUT2D eigenvalue weighted by Crippen LogP contribution is -2.15. The molecule has 0 fully saturated rings. The Hall–Kier alpha value is -2.57. The van der Waals surface area contributed by atoms with Gasteiger partial charge >= 0.3 is 0 Å². The van der Waals surface area contributed by atoms with Crippen LogP contribution >= 0.6 is 0 Å². The lowest BCUT2D eigenvalue weighted by molar-refractivity contribution is -0.383. The molecule has 21 heavy (non-hydrogen) atoms. The highest BCUT2D eigenvalue weighted by Crippen LogP contribution is 2.23. The molecule has 0 heterocycles. The van der Waals surface area contributed by atoms with Gasteiger partial charge in [-0.1, -0.05) is 19.1 Å². The molecule has 7 heteroatoms. The molecule has 0 atom stereocenters. The molecule has 0 saturated heterocycles. The highest BCUT2D eigenvalue weighted by Gasteiger charge is 2.16. The summed E-state index contributed by atoms with van der Waals surface area (Å²) in [7, 11) is 0. The van der Waals surface area contributed by atoms with Crippen molar-refractivity contribution in [1.29, 1.82) is 0 Å². The quantitative estimate of drug-likeness (QED) is 0.449. The van der Waals surface area contributed by atoms with Crippen molar-refractivity contribution in [3.8, 4) is 0 Å². The Morgan fingerprint density at radius 1 is 1.14 bits per heavy atom. The standard InChI is InChI=1S/C14H16N2O5/c1-2-10(17)9-11(18)7-8-14(19)15-12-5-3-4-6-13(12)16(20)21/h3-6H,2,7-9H2,1H3,(H,15,19). The first-order valence-electron chi connectivity index (χ1n) is 6.50. The molecule has 1 aromatic carbocycles. The number of para-hydroxylation sites is 2. The summed E-state index contributed by atoms with van der Waals surface area (Å²) in [5, 5.41) is 13.2. The zero-order chi connectivity index (χ0) is 15.8. The zero-order valence-corrected chi connectivity index (χ0v) is 11.6. The van der Waals surface area contributed by atoms with Gasteiger partial charge in [-0.15, -0.1) is 0 Å². The Morgan fingerprint density at radius 2 is 1.81 bits per heavy atom. The van der Waals surface area contributed by atoms with Crippen LogP contribution in [-0.4, -0.2) is 22.4 Å². The van der Waals surface area contributed by atoms with Crippen molar-refractivity contribution in [3.63, 3.8) is 0 Å². The van der Waals surface area contributed by atoms with Crippen LogP contribution in [-0.2, 0) is 14.4 Å². The molecule has 1 amide bonds. The van der Waals surface area contributed by atoms with Gasteiger partial charge in [0.1, 0.15) is 17.3 Å². The van der Waals surface area contributed by atoms with E-state index in [-0.39, 0.29) is 48.6 Å². The number of carbonyl (C=O) groups excluding carboxylic acids is 3. The molecule has 0 aromatic heterocycles. The fourth-order valence-electron chi connectivity index (χ4n) is 1.64. The Labute approximate surface area is 121 Å². The van der Waals surface area contributed by atoms with Crippen LogP contribution in [0.4, 0.5) is 11.4 Å². The predicted molar refractivity (Wildman–Crippen MR) is 75.9 cm³/mol. The number of hydrogen-bond donors (Lipinski definition) is 1. The Kier molecular flexibility index (Phi) is 6.19. The molecular weight excluding hydrogens is 276 g/mol. The van der Waals surface area contributed by atoms with Gasteiger partial charge in [-0.25, -0.2) is 0 Å². The average Bonchev–Trinajstić information content (AvgIpc) is 2.45. The summed E-state index contributed by atoms with van der Waals surface area (Å²) in [5.74, 6) is -0.972. The minimum Gasteiger partial charge on any atom is -0.320 e. The molecule has 112 valence electrons. The third-order valence-corrected chi connectivity index (χ3v) is 2.79. The molecule has 1 aromatic rings. The monoisotopic (exact) mass is 292 g/mol. The van der Waals surface area contributed by atoms with E-state index in [0.717, 1.165) is 0 Å². The number of carbonyl (C=O) groups is 3. The normalized spacial score (nSPS) is 9.95. The summed E-state index contributed by atoms with van der Waals surface area (Å²) < 4.78 is 0. The van der Waals surface area contributed by atoms with E-state index in [2.05, 4.69) is 5.32 Å². The Balaban J connectivity index is 2.53. The van der Waals surface area contributed by atoms with Gasteiger partial charge in [0.05, 0.1) is 11.3 Å². The van der Waals surface area contributed by atoms with Crippen molar-refractivity contribution in [3.05, 3.63) is 34.4 Å². The van der Waals surface area contributed by atoms with Crippen LogP contribution in [0.25, 0.3) is 0 Å². The molecule has 0 aliphatic carbocycles. The van der Waals surface area contributed by atoms with Gasteiger partial charge in [0, 0.05) is 25.3 Å². The van der Waals surface area contributed by atoms with Crippen LogP contribution < -0.4 is 5.32 Å². The number of nitro benzene ring substituents is 1. The van der Waals surface area contributed by atoms with Crippen molar-refractivity contribution in [2.24, 2.45) is 0 Å². The maximum atomic E-state index is 11.7. The number of nitrogens with one attached hydrogen (secondary N) is 1. The van der Waals surface area contributed by atoms with Gasteiger partial charge in [-0.2, -0.15) is 0 Å². The van der Waals surface area contributed by atoms with Gasteiger partial charge in [-0.3, -0.25) is 24.5 Å². The number of rotatable bonds is 8. The molecule has 1 N–H and O–H groups in total. The van der Waals surface area contributed by atoms with Gasteiger partial charge in [0.15, 0.2) is 0 Å². The summed E-state index contributed by atoms with van der Waals surface area (Å²) in [5.41, 5.74) is -0.122. The predicted octanol–water partition coefficient (Wildman–Crippen LogP) is 2.25. The Bertz CT molecular complexity index is 568. The van der Waals surface area contributed by atoms with Gasteiger partial charge in [-0.05, 0) is 6.07 Å². The van der Waals surface area contributed by atoms with E-state index in [1.165, 1.54) is 18.2 Å². The maximum absolute atomic E-state index is 11.7. The number of nitro groups is 1. The molecule has 0 radical (unpaired) electrons. The third-order valence-electron chi connectivity index (χ3n) is 2.79. The van der Waals surface area contributed by atoms with E-state index in [9.17, 15) is 24.5 Å². The van der Waals surface area contributed by atoms with E-state index in [1.807, 2.05) is 0 Å². The van der Waals surface area contributed by atoms with Crippen molar-refractivity contribution in [2.75, 3.05) is 5.32 Å². The summed E-state index contributed by atoms with van der Waals surface area (Å²) >= 11 is 0. The van der Waals surface area contributed by atoms with Crippen molar-refractivity contribution < 1.29 is 19.3 Å². The first-order valence-corrected chi connectivity index (χ1v) is 6.50. The molecule has 0 saturated carbocycles. The number of hydrogen-bond acceptors (Lipinski definition) is 5. The van der Waals surface area contributed by atoms with E-state index in [1.54, 1.807) is 13.0 Å². The summed E-state index contributed by atoms with van der Waals surface area (Å²) in [6, 6.07) is 5.75. The van der Waals surface area contributed by atoms with E-state index >= 15 is 0 Å². The van der Waals surface area contributed by atoms with E-state index < -0.39 is 10.8 Å². The van der Waals surface area contributed by atoms with Crippen LogP contribution in [0.5, 0.6) is 0 Å². The van der Waals surface area contributed by atoms with Crippen LogP contribution in [0.2, 0.25) is 0 Å². The molecule has 7 nitrogen and oxygen atoms in total. The topological polar surface area (TPSA) is 106 Å². The number of ketones is 2. The summed E-state index contributed by atoms with van der Waals surface area (Å²) in [4.78, 5) is 44.4. The third kappa shape index (κ3) is 5.52. The fraction of sp³-hybridized carbons (Fsp3) is 0.357. The van der Waals surface area contributed by atoms with Crippen molar-refractivity contribution in [2.45, 2.75) is 32.6 Å². The van der Waals surface area contributed by atoms with Gasteiger partial charge in [0.25, 0.3) is 5.69 Å². The largest absolute Gasteiger partial charge is 0.320 e. The lowest BCUT2D eigenvalue weighted by atomic mass is 10.1. The minimum absolute atomic E-state index is 0.0573.